The average Bonchev–Trinajstić information content (AvgIpc) is 3.53. The van der Waals surface area contributed by atoms with Gasteiger partial charge < -0.3 is 25.7 Å². The highest BCUT2D eigenvalue weighted by Gasteiger charge is 2.29. The van der Waals surface area contributed by atoms with Gasteiger partial charge in [0.2, 0.25) is 5.91 Å². The average molecular weight is 1190 g/mol. The van der Waals surface area contributed by atoms with Gasteiger partial charge in [0.05, 0.1) is 18.8 Å². The van der Waals surface area contributed by atoms with Gasteiger partial charge in [-0.2, -0.15) is 0 Å². The summed E-state index contributed by atoms with van der Waals surface area (Å²) in [5.41, 5.74) is 0. The molecular formula is C78H157NO5. The molecule has 84 heavy (non-hydrogen) atoms. The maximum atomic E-state index is 12.7. The maximum absolute atomic E-state index is 12.7. The van der Waals surface area contributed by atoms with E-state index >= 15 is 0 Å². The third kappa shape index (κ3) is 65.7. The molecule has 0 aliphatic rings. The molecule has 0 fully saturated rings. The van der Waals surface area contributed by atoms with Crippen LogP contribution in [0.25, 0.3) is 0 Å². The number of aliphatic hydroxyl groups is 4. The van der Waals surface area contributed by atoms with Crippen LogP contribution in [0.1, 0.15) is 463 Å². The Morgan fingerprint density at radius 3 is 0.571 bits per heavy atom. The Hall–Kier alpha value is -0.690. The molecule has 0 saturated heterocycles. The van der Waals surface area contributed by atoms with Gasteiger partial charge in [0, 0.05) is 0 Å². The van der Waals surface area contributed by atoms with Crippen molar-refractivity contribution in [3.8, 4) is 0 Å². The first-order valence-corrected chi connectivity index (χ1v) is 39.4. The molecule has 6 nitrogen and oxygen atoms in total. The van der Waals surface area contributed by atoms with Gasteiger partial charge in [-0.15, -0.1) is 0 Å². The minimum absolute atomic E-state index is 0.377. The van der Waals surface area contributed by atoms with Crippen molar-refractivity contribution in [2.45, 2.75) is 488 Å². The van der Waals surface area contributed by atoms with E-state index in [1.807, 2.05) is 0 Å². The lowest BCUT2D eigenvalue weighted by molar-refractivity contribution is -0.132. The van der Waals surface area contributed by atoms with Gasteiger partial charge in [-0.05, 0) is 12.8 Å². The van der Waals surface area contributed by atoms with E-state index < -0.39 is 36.9 Å². The molecule has 5 N–H and O–H groups in total. The van der Waals surface area contributed by atoms with Gasteiger partial charge in [0.15, 0.2) is 0 Å². The molecule has 0 spiro atoms. The van der Waals surface area contributed by atoms with E-state index in [1.165, 1.54) is 398 Å². The fourth-order valence-corrected chi connectivity index (χ4v) is 13.2. The minimum Gasteiger partial charge on any atom is -0.394 e. The molecule has 0 heterocycles. The predicted octanol–water partition coefficient (Wildman–Crippen LogP) is 24.9. The molecule has 6 heteroatoms. The summed E-state index contributed by atoms with van der Waals surface area (Å²) in [6, 6.07) is -0.983. The van der Waals surface area contributed by atoms with Crippen LogP contribution in [-0.4, -0.2) is 57.3 Å². The second-order valence-electron chi connectivity index (χ2n) is 27.8. The molecule has 0 aromatic carbocycles. The zero-order chi connectivity index (χ0) is 60.8. The van der Waals surface area contributed by atoms with Gasteiger partial charge >= 0.3 is 0 Å². The first kappa shape index (κ1) is 83.3. The highest BCUT2D eigenvalue weighted by Crippen LogP contribution is 2.21. The molecule has 0 aromatic heterocycles. The number of rotatable bonds is 75. The Morgan fingerprint density at radius 1 is 0.250 bits per heavy atom. The molecule has 4 atom stereocenters. The van der Waals surface area contributed by atoms with Crippen molar-refractivity contribution < 1.29 is 25.2 Å². The van der Waals surface area contributed by atoms with Gasteiger partial charge in [-0.25, -0.2) is 0 Å². The number of hydrogen-bond donors (Lipinski definition) is 5. The van der Waals surface area contributed by atoms with Gasteiger partial charge in [-0.1, -0.05) is 450 Å². The van der Waals surface area contributed by atoms with Crippen LogP contribution in [0.4, 0.5) is 0 Å². The van der Waals surface area contributed by atoms with Crippen molar-refractivity contribution in [3.63, 3.8) is 0 Å². The van der Waals surface area contributed by atoms with Crippen LogP contribution >= 0.6 is 0 Å². The van der Waals surface area contributed by atoms with E-state index in [0.29, 0.717) is 12.8 Å². The van der Waals surface area contributed by atoms with Crippen molar-refractivity contribution in [2.24, 2.45) is 0 Å². The number of carbonyl (C=O) groups is 1. The van der Waals surface area contributed by atoms with E-state index in [4.69, 9.17) is 0 Å². The fourth-order valence-electron chi connectivity index (χ4n) is 13.2. The summed E-state index contributed by atoms with van der Waals surface area (Å²) in [5.74, 6) is -0.572. The van der Waals surface area contributed by atoms with Crippen molar-refractivity contribution in [2.75, 3.05) is 6.61 Å². The molecular weight excluding hydrogens is 1030 g/mol. The van der Waals surface area contributed by atoms with E-state index in [9.17, 15) is 25.2 Å². The summed E-state index contributed by atoms with van der Waals surface area (Å²) in [5, 5.41) is 44.4. The van der Waals surface area contributed by atoms with Gasteiger partial charge in [0.25, 0.3) is 0 Å². The number of nitrogens with one attached hydrogen (secondary N) is 1. The van der Waals surface area contributed by atoms with E-state index in [0.717, 1.165) is 38.5 Å². The summed E-state index contributed by atoms with van der Waals surface area (Å²) in [6.07, 6.45) is 91.4. The highest BCUT2D eigenvalue weighted by molar-refractivity contribution is 5.80. The van der Waals surface area contributed by atoms with Crippen LogP contribution in [0.5, 0.6) is 0 Å². The third-order valence-corrected chi connectivity index (χ3v) is 19.3. The lowest BCUT2D eigenvalue weighted by Gasteiger charge is -2.27. The first-order chi connectivity index (χ1) is 41.5. The number of unbranched alkanes of at least 4 members (excludes halogenated alkanes) is 66. The number of aliphatic hydroxyl groups excluding tert-OH is 4. The SMILES string of the molecule is CCCCCCCCCCCCCCCCCCCCCCCCCCCCCCCCCCCCCCCCC(O)C(=O)NC(CO)C(O)C(O)CCCCCCCCCCCCCCCCCCCCCCCCCCCCCCCC. The molecule has 0 aliphatic heterocycles. The summed E-state index contributed by atoms with van der Waals surface area (Å²) < 4.78 is 0. The van der Waals surface area contributed by atoms with Crippen LogP contribution in [-0.2, 0) is 4.79 Å². The van der Waals surface area contributed by atoms with Crippen molar-refractivity contribution in [3.05, 3.63) is 0 Å². The highest BCUT2D eigenvalue weighted by atomic mass is 16.3. The van der Waals surface area contributed by atoms with Crippen molar-refractivity contribution >= 4 is 5.91 Å². The Balaban J connectivity index is 3.46. The van der Waals surface area contributed by atoms with Gasteiger partial charge in [-0.3, -0.25) is 4.79 Å². The normalized spacial score (nSPS) is 13.3. The molecule has 0 bridgehead atoms. The standard InChI is InChI=1S/C78H157NO5/c1-3-5-7-9-11-13-15-17-19-21-23-25-27-29-31-33-35-36-37-38-39-40-41-42-44-46-48-50-52-54-56-58-60-62-64-66-68-70-72-76(82)78(84)79-74(73-80)77(83)75(81)71-69-67-65-63-61-59-57-55-53-51-49-47-45-43-34-32-30-28-26-24-22-20-18-16-14-12-10-8-6-4-2/h74-77,80-83H,3-73H2,1-2H3,(H,79,84). The minimum atomic E-state index is -1.26. The smallest absolute Gasteiger partial charge is 0.249 e. The molecule has 0 saturated carbocycles. The predicted molar refractivity (Wildman–Crippen MR) is 372 cm³/mol. The summed E-state index contributed by atoms with van der Waals surface area (Å²) in [6.45, 7) is 4.13. The number of amides is 1. The van der Waals surface area contributed by atoms with Crippen LogP contribution in [0.3, 0.4) is 0 Å². The second-order valence-corrected chi connectivity index (χ2v) is 27.8. The molecule has 0 aromatic rings. The maximum Gasteiger partial charge on any atom is 0.249 e. The molecule has 0 aliphatic carbocycles. The Morgan fingerprint density at radius 2 is 0.405 bits per heavy atom. The van der Waals surface area contributed by atoms with Crippen molar-refractivity contribution in [1.82, 2.24) is 5.32 Å². The van der Waals surface area contributed by atoms with E-state index in [-0.39, 0.29) is 0 Å². The van der Waals surface area contributed by atoms with E-state index in [2.05, 4.69) is 19.2 Å². The molecule has 0 radical (unpaired) electrons. The van der Waals surface area contributed by atoms with Crippen LogP contribution < -0.4 is 5.32 Å². The zero-order valence-corrected chi connectivity index (χ0v) is 57.7. The van der Waals surface area contributed by atoms with Crippen LogP contribution in [0.15, 0.2) is 0 Å². The first-order valence-electron chi connectivity index (χ1n) is 39.4. The largest absolute Gasteiger partial charge is 0.394 e. The summed E-state index contributed by atoms with van der Waals surface area (Å²) in [4.78, 5) is 12.7. The molecule has 504 valence electrons. The van der Waals surface area contributed by atoms with Crippen LogP contribution in [0, 0.1) is 0 Å². The van der Waals surface area contributed by atoms with Crippen molar-refractivity contribution in [1.29, 1.82) is 0 Å². The number of hydrogen-bond acceptors (Lipinski definition) is 5. The number of carbonyl (C=O) groups excluding carboxylic acids is 1. The Bertz CT molecular complexity index is 1200. The quantitative estimate of drug-likeness (QED) is 0.0390. The summed E-state index contributed by atoms with van der Waals surface area (Å²) >= 11 is 0. The zero-order valence-electron chi connectivity index (χ0n) is 57.7. The fraction of sp³-hybridized carbons (Fsp3) is 0.987. The topological polar surface area (TPSA) is 110 Å². The summed E-state index contributed by atoms with van der Waals surface area (Å²) in [7, 11) is 0. The molecule has 4 unspecified atom stereocenters. The lowest BCUT2D eigenvalue weighted by atomic mass is 9.99. The third-order valence-electron chi connectivity index (χ3n) is 19.3. The Labute approximate surface area is 528 Å². The van der Waals surface area contributed by atoms with Crippen LogP contribution in [0.2, 0.25) is 0 Å². The second kappa shape index (κ2) is 73.0. The Kier molecular flexibility index (Phi) is 72.4. The molecule has 1 amide bonds. The lowest BCUT2D eigenvalue weighted by Crippen LogP contribution is -2.53. The van der Waals surface area contributed by atoms with Gasteiger partial charge in [0.1, 0.15) is 12.2 Å². The monoisotopic (exact) mass is 1190 g/mol. The molecule has 0 rings (SSSR count). The van der Waals surface area contributed by atoms with E-state index in [1.54, 1.807) is 0 Å².